The number of thiazole rings is 1. The molecular formula is C13H15FN2OS. The van der Waals surface area contributed by atoms with Gasteiger partial charge in [-0.05, 0) is 12.5 Å². The van der Waals surface area contributed by atoms with Gasteiger partial charge >= 0.3 is 0 Å². The molecule has 0 aliphatic heterocycles. The standard InChI is InChI=1S/C13H15FN2OS/c1-2-12-16-10(8-18-12)7-17-13-9(6-15)4-3-5-11(13)14/h3-5,8H,2,6-7,15H2,1H3. The summed E-state index contributed by atoms with van der Waals surface area (Å²) >= 11 is 1.59. The van der Waals surface area contributed by atoms with Crippen LogP contribution in [0.1, 0.15) is 23.2 Å². The Labute approximate surface area is 109 Å². The molecule has 0 bridgehead atoms. The second-order valence-electron chi connectivity index (χ2n) is 3.81. The summed E-state index contributed by atoms with van der Waals surface area (Å²) in [6.07, 6.45) is 0.901. The molecule has 2 rings (SSSR count). The van der Waals surface area contributed by atoms with Crippen LogP contribution in [0.5, 0.6) is 5.75 Å². The minimum absolute atomic E-state index is 0.228. The highest BCUT2D eigenvalue weighted by Gasteiger charge is 2.09. The minimum atomic E-state index is -0.385. The number of aryl methyl sites for hydroxylation is 1. The van der Waals surface area contributed by atoms with E-state index >= 15 is 0 Å². The predicted molar refractivity (Wildman–Crippen MR) is 70.1 cm³/mol. The van der Waals surface area contributed by atoms with Gasteiger partial charge in [0.05, 0.1) is 10.7 Å². The van der Waals surface area contributed by atoms with E-state index in [-0.39, 0.29) is 24.7 Å². The molecule has 0 unspecified atom stereocenters. The molecule has 0 radical (unpaired) electrons. The zero-order valence-corrected chi connectivity index (χ0v) is 11.0. The molecule has 5 heteroatoms. The van der Waals surface area contributed by atoms with Gasteiger partial charge < -0.3 is 10.5 Å². The third-order valence-corrected chi connectivity index (χ3v) is 3.58. The Kier molecular flexibility index (Phi) is 4.28. The van der Waals surface area contributed by atoms with E-state index in [1.165, 1.54) is 6.07 Å². The molecule has 3 nitrogen and oxygen atoms in total. The number of halogens is 1. The van der Waals surface area contributed by atoms with Crippen molar-refractivity contribution in [1.29, 1.82) is 0 Å². The topological polar surface area (TPSA) is 48.1 Å². The van der Waals surface area contributed by atoms with Crippen molar-refractivity contribution in [2.24, 2.45) is 5.73 Å². The second-order valence-corrected chi connectivity index (χ2v) is 4.75. The summed E-state index contributed by atoms with van der Waals surface area (Å²) in [5.74, 6) is -0.157. The molecule has 2 N–H and O–H groups in total. The van der Waals surface area contributed by atoms with E-state index in [1.807, 2.05) is 12.3 Å². The number of rotatable bonds is 5. The van der Waals surface area contributed by atoms with Crippen molar-refractivity contribution in [3.05, 3.63) is 45.7 Å². The molecule has 1 heterocycles. The average Bonchev–Trinajstić information content (AvgIpc) is 2.85. The zero-order valence-electron chi connectivity index (χ0n) is 10.1. The van der Waals surface area contributed by atoms with Gasteiger partial charge in [-0.3, -0.25) is 0 Å². The first-order valence-corrected chi connectivity index (χ1v) is 6.66. The molecular weight excluding hydrogens is 251 g/mol. The molecule has 2 aromatic rings. The molecule has 0 atom stereocenters. The van der Waals surface area contributed by atoms with E-state index in [9.17, 15) is 4.39 Å². The number of hydrogen-bond acceptors (Lipinski definition) is 4. The lowest BCUT2D eigenvalue weighted by molar-refractivity contribution is 0.283. The summed E-state index contributed by atoms with van der Waals surface area (Å²) in [6.45, 7) is 2.57. The highest BCUT2D eigenvalue weighted by atomic mass is 32.1. The molecule has 0 fully saturated rings. The van der Waals surface area contributed by atoms with E-state index < -0.39 is 0 Å². The second kappa shape index (κ2) is 5.93. The lowest BCUT2D eigenvalue weighted by Crippen LogP contribution is -2.04. The summed E-state index contributed by atoms with van der Waals surface area (Å²) in [4.78, 5) is 4.37. The van der Waals surface area contributed by atoms with E-state index in [0.717, 1.165) is 17.1 Å². The molecule has 0 saturated carbocycles. The first-order chi connectivity index (χ1) is 8.74. The summed E-state index contributed by atoms with van der Waals surface area (Å²) in [5, 5.41) is 2.99. The zero-order chi connectivity index (χ0) is 13.0. The van der Waals surface area contributed by atoms with Crippen LogP contribution < -0.4 is 10.5 Å². The Morgan fingerprint density at radius 2 is 2.28 bits per heavy atom. The molecule has 0 spiro atoms. The van der Waals surface area contributed by atoms with Crippen LogP contribution in [0.15, 0.2) is 23.6 Å². The fraction of sp³-hybridized carbons (Fsp3) is 0.308. The SMILES string of the molecule is CCc1nc(COc2c(F)cccc2CN)cs1. The van der Waals surface area contributed by atoms with Crippen LogP contribution >= 0.6 is 11.3 Å². The molecule has 1 aromatic carbocycles. The summed E-state index contributed by atoms with van der Waals surface area (Å²) in [7, 11) is 0. The van der Waals surface area contributed by atoms with E-state index in [1.54, 1.807) is 23.5 Å². The maximum atomic E-state index is 13.6. The third-order valence-electron chi connectivity index (χ3n) is 2.53. The van der Waals surface area contributed by atoms with Gasteiger partial charge in [0.2, 0.25) is 0 Å². The minimum Gasteiger partial charge on any atom is -0.484 e. The van der Waals surface area contributed by atoms with Gasteiger partial charge in [-0.15, -0.1) is 11.3 Å². The number of aromatic nitrogens is 1. The molecule has 0 saturated heterocycles. The first kappa shape index (κ1) is 13.0. The van der Waals surface area contributed by atoms with Crippen LogP contribution in [0.4, 0.5) is 4.39 Å². The van der Waals surface area contributed by atoms with Crippen LogP contribution in [-0.4, -0.2) is 4.98 Å². The maximum Gasteiger partial charge on any atom is 0.165 e. The lowest BCUT2D eigenvalue weighted by atomic mass is 10.2. The van der Waals surface area contributed by atoms with Crippen molar-refractivity contribution in [1.82, 2.24) is 4.98 Å². The van der Waals surface area contributed by atoms with Gasteiger partial charge in [0.1, 0.15) is 6.61 Å². The number of hydrogen-bond donors (Lipinski definition) is 1. The van der Waals surface area contributed by atoms with E-state index in [2.05, 4.69) is 4.98 Å². The summed E-state index contributed by atoms with van der Waals surface area (Å²) < 4.78 is 19.1. The Morgan fingerprint density at radius 3 is 2.94 bits per heavy atom. The molecule has 0 aliphatic rings. The van der Waals surface area contributed by atoms with Gasteiger partial charge in [0, 0.05) is 17.5 Å². The van der Waals surface area contributed by atoms with Crippen molar-refractivity contribution in [2.75, 3.05) is 0 Å². The molecule has 1 aromatic heterocycles. The van der Waals surface area contributed by atoms with Gasteiger partial charge in [0.15, 0.2) is 11.6 Å². The van der Waals surface area contributed by atoms with Crippen LogP contribution in [0, 0.1) is 5.82 Å². The van der Waals surface area contributed by atoms with Crippen molar-refractivity contribution >= 4 is 11.3 Å². The van der Waals surface area contributed by atoms with Gasteiger partial charge in [0.25, 0.3) is 0 Å². The van der Waals surface area contributed by atoms with Crippen molar-refractivity contribution in [3.63, 3.8) is 0 Å². The normalized spacial score (nSPS) is 10.6. The highest BCUT2D eigenvalue weighted by Crippen LogP contribution is 2.23. The van der Waals surface area contributed by atoms with Crippen molar-refractivity contribution < 1.29 is 9.13 Å². The number of ether oxygens (including phenoxy) is 1. The fourth-order valence-corrected chi connectivity index (χ4v) is 2.33. The molecule has 96 valence electrons. The van der Waals surface area contributed by atoms with Crippen LogP contribution in [-0.2, 0) is 19.6 Å². The third kappa shape index (κ3) is 2.86. The number of para-hydroxylation sites is 1. The fourth-order valence-electron chi connectivity index (χ4n) is 1.60. The monoisotopic (exact) mass is 266 g/mol. The Bertz CT molecular complexity index is 527. The van der Waals surface area contributed by atoms with Gasteiger partial charge in [-0.2, -0.15) is 0 Å². The number of nitrogens with two attached hydrogens (primary N) is 1. The van der Waals surface area contributed by atoms with Gasteiger partial charge in [-0.25, -0.2) is 9.37 Å². The molecule has 0 amide bonds. The highest BCUT2D eigenvalue weighted by molar-refractivity contribution is 7.09. The van der Waals surface area contributed by atoms with E-state index in [0.29, 0.717) is 5.56 Å². The molecule has 18 heavy (non-hydrogen) atoms. The largest absolute Gasteiger partial charge is 0.484 e. The Balaban J connectivity index is 2.10. The number of nitrogens with zero attached hydrogens (tertiary/aromatic N) is 1. The van der Waals surface area contributed by atoms with Crippen LogP contribution in [0.3, 0.4) is 0 Å². The van der Waals surface area contributed by atoms with Crippen molar-refractivity contribution in [3.8, 4) is 5.75 Å². The summed E-state index contributed by atoms with van der Waals surface area (Å²) in [5.41, 5.74) is 7.04. The molecule has 0 aliphatic carbocycles. The van der Waals surface area contributed by atoms with Crippen LogP contribution in [0.2, 0.25) is 0 Å². The van der Waals surface area contributed by atoms with E-state index in [4.69, 9.17) is 10.5 Å². The Morgan fingerprint density at radius 1 is 1.44 bits per heavy atom. The Hall–Kier alpha value is -1.46. The maximum absolute atomic E-state index is 13.6. The quantitative estimate of drug-likeness (QED) is 0.905. The smallest absolute Gasteiger partial charge is 0.165 e. The first-order valence-electron chi connectivity index (χ1n) is 5.78. The summed E-state index contributed by atoms with van der Waals surface area (Å²) in [6, 6.07) is 4.76. The average molecular weight is 266 g/mol. The van der Waals surface area contributed by atoms with Crippen LogP contribution in [0.25, 0.3) is 0 Å². The van der Waals surface area contributed by atoms with Gasteiger partial charge in [-0.1, -0.05) is 19.1 Å². The number of benzene rings is 1. The lowest BCUT2D eigenvalue weighted by Gasteiger charge is -2.09. The predicted octanol–water partition coefficient (Wildman–Crippen LogP) is 2.88. The van der Waals surface area contributed by atoms with Crippen molar-refractivity contribution in [2.45, 2.75) is 26.5 Å².